The molecule has 0 aliphatic carbocycles. The van der Waals surface area contributed by atoms with Crippen LogP contribution in [0.5, 0.6) is 5.75 Å². The minimum Gasteiger partial charge on any atom is -0.508 e. The molecule has 0 aromatic heterocycles. The van der Waals surface area contributed by atoms with Crippen LogP contribution in [0, 0.1) is 5.82 Å². The minimum absolute atomic E-state index is 0.203. The number of hydrogen-bond acceptors (Lipinski definition) is 2. The second kappa shape index (κ2) is 5.25. The van der Waals surface area contributed by atoms with E-state index in [4.69, 9.17) is 0 Å². The predicted molar refractivity (Wildman–Crippen MR) is 77.3 cm³/mol. The zero-order chi connectivity index (χ0) is 14.1. The van der Waals surface area contributed by atoms with Gasteiger partial charge in [0.1, 0.15) is 11.6 Å². The number of aromatic hydroxyl groups is 1. The van der Waals surface area contributed by atoms with E-state index in [9.17, 15) is 9.50 Å². The number of rotatable bonds is 1. The van der Waals surface area contributed by atoms with Crippen molar-refractivity contribution in [3.8, 4) is 5.75 Å². The second-order valence-corrected chi connectivity index (χ2v) is 5.51. The van der Waals surface area contributed by atoms with Crippen LogP contribution in [0.15, 0.2) is 42.5 Å². The third-order valence-electron chi connectivity index (χ3n) is 4.01. The highest BCUT2D eigenvalue weighted by Gasteiger charge is 2.22. The Morgan fingerprint density at radius 3 is 2.65 bits per heavy atom. The summed E-state index contributed by atoms with van der Waals surface area (Å²) in [5.41, 5.74) is 3.52. The van der Waals surface area contributed by atoms with Crippen molar-refractivity contribution in [1.29, 1.82) is 0 Å². The van der Waals surface area contributed by atoms with Gasteiger partial charge in [0.05, 0.1) is 0 Å². The molecule has 2 nitrogen and oxygen atoms in total. The number of phenolic OH excluding ortho intramolecular Hbond substituents is 1. The Morgan fingerprint density at radius 1 is 1.15 bits per heavy atom. The topological polar surface area (TPSA) is 23.5 Å². The Hall–Kier alpha value is -1.87. The number of benzene rings is 2. The van der Waals surface area contributed by atoms with Gasteiger partial charge in [-0.1, -0.05) is 18.2 Å². The average molecular weight is 271 g/mol. The van der Waals surface area contributed by atoms with Gasteiger partial charge < -0.3 is 10.0 Å². The third-order valence-corrected chi connectivity index (χ3v) is 4.01. The molecule has 0 saturated heterocycles. The Morgan fingerprint density at radius 2 is 1.90 bits per heavy atom. The van der Waals surface area contributed by atoms with Crippen molar-refractivity contribution in [2.45, 2.75) is 18.9 Å². The van der Waals surface area contributed by atoms with Gasteiger partial charge in [-0.3, -0.25) is 0 Å². The van der Waals surface area contributed by atoms with E-state index in [1.165, 1.54) is 17.7 Å². The molecule has 1 atom stereocenters. The van der Waals surface area contributed by atoms with Gasteiger partial charge >= 0.3 is 0 Å². The molecule has 3 rings (SSSR count). The number of phenols is 1. The fraction of sp³-hybridized carbons (Fsp3) is 0.294. The SMILES string of the molecule is CN1CC[C@@H](c2ccc(F)cc2)c2ccc(O)cc2C1. The smallest absolute Gasteiger partial charge is 0.123 e. The van der Waals surface area contributed by atoms with E-state index < -0.39 is 0 Å². The predicted octanol–water partition coefficient (Wildman–Crippen LogP) is 3.50. The number of nitrogens with zero attached hydrogens (tertiary/aromatic N) is 1. The van der Waals surface area contributed by atoms with Crippen LogP contribution in [-0.2, 0) is 6.54 Å². The number of hydrogen-bond donors (Lipinski definition) is 1. The largest absolute Gasteiger partial charge is 0.508 e. The molecule has 2 aromatic carbocycles. The summed E-state index contributed by atoms with van der Waals surface area (Å²) >= 11 is 0. The van der Waals surface area contributed by atoms with Crippen LogP contribution in [0.4, 0.5) is 4.39 Å². The molecule has 3 heteroatoms. The van der Waals surface area contributed by atoms with Crippen molar-refractivity contribution in [3.05, 3.63) is 65.0 Å². The van der Waals surface area contributed by atoms with E-state index in [1.807, 2.05) is 24.3 Å². The summed E-state index contributed by atoms with van der Waals surface area (Å²) in [5.74, 6) is 0.360. The zero-order valence-corrected chi connectivity index (χ0v) is 11.5. The van der Waals surface area contributed by atoms with E-state index in [-0.39, 0.29) is 11.7 Å². The number of halogens is 1. The van der Waals surface area contributed by atoms with Crippen LogP contribution >= 0.6 is 0 Å². The van der Waals surface area contributed by atoms with Crippen molar-refractivity contribution in [3.63, 3.8) is 0 Å². The first-order chi connectivity index (χ1) is 9.63. The summed E-state index contributed by atoms with van der Waals surface area (Å²) in [6, 6.07) is 12.3. The lowest BCUT2D eigenvalue weighted by Gasteiger charge is -2.18. The van der Waals surface area contributed by atoms with E-state index >= 15 is 0 Å². The first-order valence-corrected chi connectivity index (χ1v) is 6.89. The molecule has 0 spiro atoms. The average Bonchev–Trinajstić information content (AvgIpc) is 2.58. The lowest BCUT2D eigenvalue weighted by Crippen LogP contribution is -2.17. The summed E-state index contributed by atoms with van der Waals surface area (Å²) in [5, 5.41) is 9.69. The molecule has 0 fully saturated rings. The molecule has 2 aromatic rings. The summed E-state index contributed by atoms with van der Waals surface area (Å²) < 4.78 is 13.1. The van der Waals surface area contributed by atoms with E-state index in [2.05, 4.69) is 11.9 Å². The third kappa shape index (κ3) is 2.54. The van der Waals surface area contributed by atoms with E-state index in [0.29, 0.717) is 5.75 Å². The van der Waals surface area contributed by atoms with E-state index in [1.54, 1.807) is 6.07 Å². The lowest BCUT2D eigenvalue weighted by molar-refractivity contribution is 0.328. The number of fused-ring (bicyclic) bond motifs is 1. The minimum atomic E-state index is -0.203. The Kier molecular flexibility index (Phi) is 3.45. The molecule has 1 heterocycles. The fourth-order valence-electron chi connectivity index (χ4n) is 2.99. The zero-order valence-electron chi connectivity index (χ0n) is 11.5. The molecular weight excluding hydrogens is 253 g/mol. The normalized spacial score (nSPS) is 19.4. The van der Waals surface area contributed by atoms with E-state index in [0.717, 1.165) is 30.6 Å². The highest BCUT2D eigenvalue weighted by Crippen LogP contribution is 2.35. The maximum absolute atomic E-state index is 13.1. The van der Waals surface area contributed by atoms with Gasteiger partial charge in [0.25, 0.3) is 0 Å². The highest BCUT2D eigenvalue weighted by molar-refractivity contribution is 5.42. The molecule has 0 radical (unpaired) electrons. The lowest BCUT2D eigenvalue weighted by atomic mass is 9.86. The first-order valence-electron chi connectivity index (χ1n) is 6.89. The van der Waals surface area contributed by atoms with Gasteiger partial charge in [0.15, 0.2) is 0 Å². The molecule has 0 unspecified atom stereocenters. The van der Waals surface area contributed by atoms with Crippen molar-refractivity contribution >= 4 is 0 Å². The van der Waals surface area contributed by atoms with Crippen LogP contribution in [-0.4, -0.2) is 23.6 Å². The maximum Gasteiger partial charge on any atom is 0.123 e. The first kappa shape index (κ1) is 13.1. The fourth-order valence-corrected chi connectivity index (χ4v) is 2.99. The summed E-state index contributed by atoms with van der Waals surface area (Å²) in [6.07, 6.45) is 1.000. The Bertz CT molecular complexity index is 609. The van der Waals surface area contributed by atoms with Crippen molar-refractivity contribution in [2.24, 2.45) is 0 Å². The quantitative estimate of drug-likeness (QED) is 0.858. The summed E-state index contributed by atoms with van der Waals surface area (Å²) in [6.45, 7) is 1.82. The molecule has 0 saturated carbocycles. The van der Waals surface area contributed by atoms with Gasteiger partial charge in [0, 0.05) is 12.5 Å². The van der Waals surface area contributed by atoms with Gasteiger partial charge in [0.2, 0.25) is 0 Å². The van der Waals surface area contributed by atoms with Crippen LogP contribution in [0.2, 0.25) is 0 Å². The molecule has 1 aliphatic rings. The molecule has 104 valence electrons. The van der Waals surface area contributed by atoms with Gasteiger partial charge in [-0.15, -0.1) is 0 Å². The molecule has 1 N–H and O–H groups in total. The van der Waals surface area contributed by atoms with Crippen LogP contribution in [0.3, 0.4) is 0 Å². The van der Waals surface area contributed by atoms with Crippen molar-refractivity contribution in [2.75, 3.05) is 13.6 Å². The maximum atomic E-state index is 13.1. The summed E-state index contributed by atoms with van der Waals surface area (Å²) in [4.78, 5) is 2.25. The molecule has 20 heavy (non-hydrogen) atoms. The van der Waals surface area contributed by atoms with Crippen molar-refractivity contribution < 1.29 is 9.50 Å². The van der Waals surface area contributed by atoms with Crippen molar-refractivity contribution in [1.82, 2.24) is 4.90 Å². The van der Waals surface area contributed by atoms with Gasteiger partial charge in [-0.25, -0.2) is 4.39 Å². The molecule has 0 amide bonds. The van der Waals surface area contributed by atoms with Crippen LogP contribution in [0.1, 0.15) is 29.0 Å². The molecular formula is C17H18FNO. The van der Waals surface area contributed by atoms with Crippen LogP contribution < -0.4 is 0 Å². The Balaban J connectivity index is 2.05. The monoisotopic (exact) mass is 271 g/mol. The summed E-state index contributed by atoms with van der Waals surface area (Å²) in [7, 11) is 2.08. The highest BCUT2D eigenvalue weighted by atomic mass is 19.1. The second-order valence-electron chi connectivity index (χ2n) is 5.51. The Labute approximate surface area is 118 Å². The van der Waals surface area contributed by atoms with Gasteiger partial charge in [-0.2, -0.15) is 0 Å². The van der Waals surface area contributed by atoms with Gasteiger partial charge in [-0.05, 0) is 61.0 Å². The molecule has 0 bridgehead atoms. The molecule has 1 aliphatic heterocycles. The standard InChI is InChI=1S/C17H18FNO/c1-19-9-8-17(12-2-4-14(18)5-3-12)16-7-6-15(20)10-13(16)11-19/h2-7,10,17,20H,8-9,11H2,1H3/t17-/m0/s1. The van der Waals surface area contributed by atoms with Crippen LogP contribution in [0.25, 0.3) is 0 Å².